The van der Waals surface area contributed by atoms with Gasteiger partial charge in [-0.25, -0.2) is 19.0 Å². The molecule has 4 aromatic heterocycles. The van der Waals surface area contributed by atoms with Gasteiger partial charge in [0.25, 0.3) is 0 Å². The molecule has 0 saturated heterocycles. The van der Waals surface area contributed by atoms with Gasteiger partial charge in [-0.15, -0.1) is 0 Å². The summed E-state index contributed by atoms with van der Waals surface area (Å²) in [4.78, 5) is 32.9. The number of halogens is 1. The molecule has 6 aromatic rings. The van der Waals surface area contributed by atoms with Crippen molar-refractivity contribution in [3.8, 4) is 22.5 Å². The highest BCUT2D eigenvalue weighted by Crippen LogP contribution is 2.32. The number of hydrogen-bond donors (Lipinski definition) is 1. The van der Waals surface area contributed by atoms with Crippen LogP contribution < -0.4 is 0 Å². The molecule has 1 N–H and O–H groups in total. The number of ketones is 2. The van der Waals surface area contributed by atoms with E-state index in [0.29, 0.717) is 24.5 Å². The van der Waals surface area contributed by atoms with E-state index in [1.807, 2.05) is 65.2 Å². The molecule has 0 radical (unpaired) electrons. The van der Waals surface area contributed by atoms with Crippen molar-refractivity contribution in [1.82, 2.24) is 29.2 Å². The van der Waals surface area contributed by atoms with Gasteiger partial charge in [0, 0.05) is 28.3 Å². The number of Topliss-reactive ketones (excluding diaryl/α,β-unsaturated/α-hetero) is 2. The first-order valence-electron chi connectivity index (χ1n) is 15.6. The summed E-state index contributed by atoms with van der Waals surface area (Å²) in [5.74, 6) is 2.19. The first kappa shape index (κ1) is 30.1. The van der Waals surface area contributed by atoms with Gasteiger partial charge in [0.1, 0.15) is 11.6 Å². The van der Waals surface area contributed by atoms with E-state index in [4.69, 9.17) is 5.11 Å². The van der Waals surface area contributed by atoms with Crippen LogP contribution in [0.4, 0.5) is 0 Å². The summed E-state index contributed by atoms with van der Waals surface area (Å²) in [6, 6.07) is 27.8. The number of aromatic nitrogens is 6. The number of alkyl halides is 1. The van der Waals surface area contributed by atoms with Crippen molar-refractivity contribution in [2.45, 2.75) is 50.5 Å². The van der Waals surface area contributed by atoms with Gasteiger partial charge in [-0.2, -0.15) is 10.2 Å². The Hall–Kier alpha value is -4.54. The number of nitrogens with zero attached hydrogens (tertiary/aromatic N) is 6. The van der Waals surface area contributed by atoms with Gasteiger partial charge in [-0.05, 0) is 61.1 Å². The summed E-state index contributed by atoms with van der Waals surface area (Å²) in [7, 11) is 0. The Labute approximate surface area is 274 Å². The van der Waals surface area contributed by atoms with Crippen LogP contribution in [0.5, 0.6) is 0 Å². The third-order valence-electron chi connectivity index (χ3n) is 8.37. The number of aliphatic hydroxyl groups is 1. The fraction of sp³-hybridized carbons (Fsp3) is 0.278. The van der Waals surface area contributed by atoms with Gasteiger partial charge < -0.3 is 5.11 Å². The molecule has 2 aliphatic rings. The second-order valence-electron chi connectivity index (χ2n) is 11.9. The molecule has 0 aliphatic heterocycles. The van der Waals surface area contributed by atoms with Crippen LogP contribution in [0.15, 0.2) is 84.9 Å². The maximum Gasteiger partial charge on any atom is 0.159 e. The van der Waals surface area contributed by atoms with Crippen LogP contribution in [-0.2, 0) is 34.4 Å². The van der Waals surface area contributed by atoms with E-state index in [9.17, 15) is 9.59 Å². The normalized spacial score (nSPS) is 14.3. The summed E-state index contributed by atoms with van der Waals surface area (Å²) < 4.78 is 3.61. The van der Waals surface area contributed by atoms with Crippen LogP contribution in [0, 0.1) is 11.8 Å². The lowest BCUT2D eigenvalue weighted by Crippen LogP contribution is -2.06. The fourth-order valence-corrected chi connectivity index (χ4v) is 5.82. The summed E-state index contributed by atoms with van der Waals surface area (Å²) >= 11 is 3.46. The number of aliphatic hydroxyl groups excluding tert-OH is 1. The van der Waals surface area contributed by atoms with Crippen molar-refractivity contribution in [3.63, 3.8) is 0 Å². The number of rotatable bonds is 10. The number of carbonyl (C=O) groups is 2. The Morgan fingerprint density at radius 1 is 0.652 bits per heavy atom. The molecule has 0 atom stereocenters. The van der Waals surface area contributed by atoms with E-state index in [1.54, 1.807) is 4.52 Å². The van der Waals surface area contributed by atoms with Crippen molar-refractivity contribution in [2.75, 3.05) is 0 Å². The minimum atomic E-state index is 0.0290. The van der Waals surface area contributed by atoms with E-state index >= 15 is 0 Å². The van der Waals surface area contributed by atoms with Gasteiger partial charge in [0.05, 0.1) is 30.8 Å². The van der Waals surface area contributed by atoms with Gasteiger partial charge in [-0.1, -0.05) is 76.6 Å². The molecule has 2 saturated carbocycles. The zero-order valence-corrected chi connectivity index (χ0v) is 26.8. The second-order valence-corrected chi connectivity index (χ2v) is 12.5. The molecular formula is C36H33BrN6O3. The first-order chi connectivity index (χ1) is 22.5. The topological polar surface area (TPSA) is 115 Å². The van der Waals surface area contributed by atoms with Crippen LogP contribution in [0.1, 0.15) is 48.5 Å². The quantitative estimate of drug-likeness (QED) is 0.171. The van der Waals surface area contributed by atoms with Gasteiger partial charge in [0.15, 0.2) is 22.9 Å². The monoisotopic (exact) mass is 676 g/mol. The lowest BCUT2D eigenvalue weighted by atomic mass is 10.1. The Kier molecular flexibility index (Phi) is 8.55. The molecule has 46 heavy (non-hydrogen) atoms. The number of fused-ring (bicyclic) bond motifs is 2. The maximum atomic E-state index is 12.0. The van der Waals surface area contributed by atoms with Crippen LogP contribution in [-0.4, -0.2) is 45.9 Å². The Bertz CT molecular complexity index is 1880. The van der Waals surface area contributed by atoms with Crippen LogP contribution in [0.25, 0.3) is 33.8 Å². The van der Waals surface area contributed by atoms with Crippen molar-refractivity contribution in [3.05, 3.63) is 108 Å². The predicted molar refractivity (Wildman–Crippen MR) is 178 cm³/mol. The van der Waals surface area contributed by atoms with E-state index in [0.717, 1.165) is 70.4 Å². The highest BCUT2D eigenvalue weighted by Gasteiger charge is 2.31. The van der Waals surface area contributed by atoms with Gasteiger partial charge in [-0.3, -0.25) is 9.59 Å². The molecule has 2 aromatic carbocycles. The molecule has 2 fully saturated rings. The Morgan fingerprint density at radius 3 is 1.48 bits per heavy atom. The zero-order chi connectivity index (χ0) is 31.6. The zero-order valence-electron chi connectivity index (χ0n) is 25.2. The van der Waals surface area contributed by atoms with Gasteiger partial charge in [0.2, 0.25) is 0 Å². The van der Waals surface area contributed by atoms with E-state index in [1.165, 1.54) is 5.56 Å². The molecule has 8 rings (SSSR count). The largest absolute Gasteiger partial charge is 0.392 e. The van der Waals surface area contributed by atoms with Crippen molar-refractivity contribution in [2.24, 2.45) is 11.8 Å². The average Bonchev–Trinajstić information content (AvgIpc) is 4.03. The predicted octanol–water partition coefficient (Wildman–Crippen LogP) is 6.22. The Morgan fingerprint density at radius 2 is 1.09 bits per heavy atom. The third-order valence-corrected chi connectivity index (χ3v) is 9.02. The maximum absolute atomic E-state index is 12.0. The minimum absolute atomic E-state index is 0.0290. The lowest BCUT2D eigenvalue weighted by molar-refractivity contribution is -0.120. The average molecular weight is 678 g/mol. The number of carbonyl (C=O) groups excluding carboxylic acids is 2. The number of benzene rings is 2. The first-order valence-corrected chi connectivity index (χ1v) is 16.7. The van der Waals surface area contributed by atoms with E-state index in [-0.39, 0.29) is 30.0 Å². The molecule has 0 bridgehead atoms. The molecule has 232 valence electrons. The number of hydrogen-bond acceptors (Lipinski definition) is 7. The SMILES string of the molecule is O=C(Cc1nc2cccc(-c3ccc(CBr)cc3)n2n1)C1CC1.O=C(Cc1nc2cccc(-c3ccc(CO)cc3)n2n1)C1CC1. The molecule has 2 aliphatic carbocycles. The Balaban J connectivity index is 0.000000147. The van der Waals surface area contributed by atoms with Crippen LogP contribution in [0.2, 0.25) is 0 Å². The lowest BCUT2D eigenvalue weighted by Gasteiger charge is -2.05. The fourth-order valence-electron chi connectivity index (χ4n) is 5.44. The highest BCUT2D eigenvalue weighted by atomic mass is 79.9. The van der Waals surface area contributed by atoms with Crippen molar-refractivity contribution < 1.29 is 14.7 Å². The smallest absolute Gasteiger partial charge is 0.159 e. The van der Waals surface area contributed by atoms with E-state index in [2.05, 4.69) is 60.4 Å². The van der Waals surface area contributed by atoms with Crippen molar-refractivity contribution in [1.29, 1.82) is 0 Å². The third kappa shape index (κ3) is 6.68. The summed E-state index contributed by atoms with van der Waals surface area (Å²) in [6.07, 6.45) is 4.72. The summed E-state index contributed by atoms with van der Waals surface area (Å²) in [6.45, 7) is 0.0290. The summed E-state index contributed by atoms with van der Waals surface area (Å²) in [5.41, 5.74) is 7.62. The number of pyridine rings is 2. The highest BCUT2D eigenvalue weighted by molar-refractivity contribution is 9.08. The molecule has 10 heteroatoms. The van der Waals surface area contributed by atoms with Crippen molar-refractivity contribution >= 4 is 38.8 Å². The second kappa shape index (κ2) is 13.1. The summed E-state index contributed by atoms with van der Waals surface area (Å²) in [5, 5.41) is 19.1. The molecule has 9 nitrogen and oxygen atoms in total. The molecule has 0 unspecified atom stereocenters. The van der Waals surface area contributed by atoms with E-state index < -0.39 is 0 Å². The standard InChI is InChI=1S/C18H16BrN3O.C18H17N3O2/c19-11-12-4-6-13(7-5-12)15-2-1-3-18-20-17(21-22(15)18)10-16(23)14-8-9-14;22-11-12-4-6-13(7-5-12)15-2-1-3-18-19-17(20-21(15)18)10-16(23)14-8-9-14/h1-7,14H,8-11H2;1-7,14,22H,8-11H2. The molecule has 0 amide bonds. The molecular weight excluding hydrogens is 644 g/mol. The van der Waals surface area contributed by atoms with Gasteiger partial charge >= 0.3 is 0 Å². The minimum Gasteiger partial charge on any atom is -0.392 e. The molecule has 0 spiro atoms. The molecule has 4 heterocycles. The van der Waals surface area contributed by atoms with Crippen LogP contribution >= 0.6 is 15.9 Å². The van der Waals surface area contributed by atoms with Crippen LogP contribution in [0.3, 0.4) is 0 Å².